The number of aromatic nitrogens is 1. The molecule has 2 aromatic rings. The molecule has 0 aliphatic rings. The Bertz CT molecular complexity index is 679. The molecule has 116 valence electrons. The van der Waals surface area contributed by atoms with Gasteiger partial charge in [-0.3, -0.25) is 10.1 Å². The predicted octanol–water partition coefficient (Wildman–Crippen LogP) is 2.95. The van der Waals surface area contributed by atoms with Crippen molar-refractivity contribution in [1.82, 2.24) is 4.98 Å². The van der Waals surface area contributed by atoms with Crippen LogP contribution in [0.3, 0.4) is 0 Å². The fraction of sp³-hybridized carbons (Fsp3) is 0.267. The molecule has 1 aromatic heterocycles. The van der Waals surface area contributed by atoms with Crippen LogP contribution in [0.2, 0.25) is 5.02 Å². The van der Waals surface area contributed by atoms with Crippen LogP contribution in [-0.2, 0) is 6.54 Å². The maximum absolute atomic E-state index is 10.9. The van der Waals surface area contributed by atoms with Crippen LogP contribution in [0.5, 0.6) is 0 Å². The van der Waals surface area contributed by atoms with Crippen LogP contribution in [-0.4, -0.2) is 28.2 Å². The monoisotopic (exact) mass is 321 g/mol. The first-order chi connectivity index (χ1) is 10.5. The first-order valence-corrected chi connectivity index (χ1v) is 7.10. The number of nitro groups is 1. The minimum atomic E-state index is -0.459. The number of anilines is 1. The van der Waals surface area contributed by atoms with E-state index in [1.54, 1.807) is 19.1 Å². The number of hydrogen-bond acceptors (Lipinski definition) is 5. The van der Waals surface area contributed by atoms with Gasteiger partial charge in [0.15, 0.2) is 0 Å². The van der Waals surface area contributed by atoms with Gasteiger partial charge in [-0.1, -0.05) is 23.7 Å². The second-order valence-electron chi connectivity index (χ2n) is 4.86. The Balaban J connectivity index is 2.27. The largest absolute Gasteiger partial charge is 0.395 e. The summed E-state index contributed by atoms with van der Waals surface area (Å²) < 4.78 is 0. The van der Waals surface area contributed by atoms with Gasteiger partial charge in [0.05, 0.1) is 11.5 Å². The number of aliphatic hydroxyl groups is 1. The van der Waals surface area contributed by atoms with Crippen LogP contribution >= 0.6 is 11.6 Å². The average molecular weight is 322 g/mol. The minimum absolute atomic E-state index is 0.0181. The summed E-state index contributed by atoms with van der Waals surface area (Å²) in [5.41, 5.74) is 1.48. The molecule has 0 aliphatic carbocycles. The Morgan fingerprint density at radius 2 is 2.18 bits per heavy atom. The van der Waals surface area contributed by atoms with Gasteiger partial charge >= 0.3 is 0 Å². The highest BCUT2D eigenvalue weighted by Gasteiger charge is 2.15. The van der Waals surface area contributed by atoms with Gasteiger partial charge in [-0.25, -0.2) is 4.98 Å². The van der Waals surface area contributed by atoms with Gasteiger partial charge in [0.2, 0.25) is 0 Å². The van der Waals surface area contributed by atoms with E-state index >= 15 is 0 Å². The van der Waals surface area contributed by atoms with Gasteiger partial charge in [-0.15, -0.1) is 0 Å². The van der Waals surface area contributed by atoms with Crippen molar-refractivity contribution >= 4 is 23.1 Å². The van der Waals surface area contributed by atoms with Crippen LogP contribution in [0.25, 0.3) is 0 Å². The number of benzene rings is 1. The standard InChI is InChI=1S/C15H16ClN3O3/c1-11-7-15(17-9-14(11)19(21)22)18(5-6-20)10-12-3-2-4-13(16)8-12/h2-4,7-9,20H,5-6,10H2,1H3. The number of pyridine rings is 1. The van der Waals surface area contributed by atoms with Gasteiger partial charge in [0, 0.05) is 23.7 Å². The molecule has 1 aromatic carbocycles. The zero-order chi connectivity index (χ0) is 16.1. The van der Waals surface area contributed by atoms with E-state index in [0.29, 0.717) is 29.5 Å². The molecule has 2 rings (SSSR count). The van der Waals surface area contributed by atoms with Crippen LogP contribution in [0.1, 0.15) is 11.1 Å². The summed E-state index contributed by atoms with van der Waals surface area (Å²) in [6.45, 7) is 2.50. The molecule has 0 saturated heterocycles. The highest BCUT2D eigenvalue weighted by Crippen LogP contribution is 2.23. The number of halogens is 1. The molecular formula is C15H16ClN3O3. The second kappa shape index (κ2) is 7.20. The molecular weight excluding hydrogens is 306 g/mol. The number of aliphatic hydroxyl groups excluding tert-OH is 1. The summed E-state index contributed by atoms with van der Waals surface area (Å²) in [4.78, 5) is 16.4. The summed E-state index contributed by atoms with van der Waals surface area (Å²) in [6, 6.07) is 9.05. The quantitative estimate of drug-likeness (QED) is 0.653. The van der Waals surface area contributed by atoms with E-state index in [9.17, 15) is 15.2 Å². The highest BCUT2D eigenvalue weighted by atomic mass is 35.5. The topological polar surface area (TPSA) is 79.5 Å². The van der Waals surface area contributed by atoms with Crippen molar-refractivity contribution < 1.29 is 10.0 Å². The first-order valence-electron chi connectivity index (χ1n) is 6.72. The molecule has 0 bridgehead atoms. The normalized spacial score (nSPS) is 10.5. The van der Waals surface area contributed by atoms with Gasteiger partial charge in [0.1, 0.15) is 12.0 Å². The molecule has 22 heavy (non-hydrogen) atoms. The zero-order valence-electron chi connectivity index (χ0n) is 12.1. The van der Waals surface area contributed by atoms with Gasteiger partial charge in [-0.05, 0) is 30.7 Å². The molecule has 6 nitrogen and oxygen atoms in total. The third-order valence-electron chi connectivity index (χ3n) is 3.22. The van der Waals surface area contributed by atoms with E-state index in [1.807, 2.05) is 23.1 Å². The first kappa shape index (κ1) is 16.2. The summed E-state index contributed by atoms with van der Waals surface area (Å²) in [5, 5.41) is 20.7. The van der Waals surface area contributed by atoms with E-state index in [0.717, 1.165) is 5.56 Å². The Kier molecular flexibility index (Phi) is 5.30. The number of aryl methyl sites for hydroxylation is 1. The molecule has 0 spiro atoms. The lowest BCUT2D eigenvalue weighted by Crippen LogP contribution is -2.27. The maximum atomic E-state index is 10.9. The Labute approximate surface area is 133 Å². The highest BCUT2D eigenvalue weighted by molar-refractivity contribution is 6.30. The summed E-state index contributed by atoms with van der Waals surface area (Å²) in [6.07, 6.45) is 1.24. The van der Waals surface area contributed by atoms with Crippen molar-refractivity contribution in [2.75, 3.05) is 18.1 Å². The molecule has 0 fully saturated rings. The van der Waals surface area contributed by atoms with Crippen molar-refractivity contribution in [2.45, 2.75) is 13.5 Å². The molecule has 0 amide bonds. The number of nitrogens with zero attached hydrogens (tertiary/aromatic N) is 3. The van der Waals surface area contributed by atoms with E-state index in [4.69, 9.17) is 11.6 Å². The van der Waals surface area contributed by atoms with Crippen molar-refractivity contribution in [3.8, 4) is 0 Å². The van der Waals surface area contributed by atoms with Gasteiger partial charge in [-0.2, -0.15) is 0 Å². The molecule has 0 saturated carbocycles. The maximum Gasteiger partial charge on any atom is 0.290 e. The molecule has 1 N–H and O–H groups in total. The molecule has 0 radical (unpaired) electrons. The summed E-state index contributed by atoms with van der Waals surface area (Å²) in [7, 11) is 0. The molecule has 0 atom stereocenters. The van der Waals surface area contributed by atoms with E-state index in [2.05, 4.69) is 4.98 Å². The second-order valence-corrected chi connectivity index (χ2v) is 5.30. The Hall–Kier alpha value is -2.18. The van der Waals surface area contributed by atoms with Crippen LogP contribution in [0, 0.1) is 17.0 Å². The number of rotatable bonds is 6. The lowest BCUT2D eigenvalue weighted by Gasteiger charge is -2.23. The molecule has 7 heteroatoms. The smallest absolute Gasteiger partial charge is 0.290 e. The van der Waals surface area contributed by atoms with Crippen LogP contribution in [0.4, 0.5) is 11.5 Å². The predicted molar refractivity (Wildman–Crippen MR) is 85.2 cm³/mol. The molecule has 0 aliphatic heterocycles. The van der Waals surface area contributed by atoms with E-state index in [1.165, 1.54) is 6.20 Å². The van der Waals surface area contributed by atoms with Crippen molar-refractivity contribution in [2.24, 2.45) is 0 Å². The summed E-state index contributed by atoms with van der Waals surface area (Å²) >= 11 is 5.97. The van der Waals surface area contributed by atoms with E-state index in [-0.39, 0.29) is 12.3 Å². The molecule has 1 heterocycles. The van der Waals surface area contributed by atoms with Gasteiger partial charge < -0.3 is 10.0 Å². The van der Waals surface area contributed by atoms with Crippen molar-refractivity contribution in [1.29, 1.82) is 0 Å². The van der Waals surface area contributed by atoms with E-state index < -0.39 is 4.92 Å². The van der Waals surface area contributed by atoms with Crippen LogP contribution < -0.4 is 4.90 Å². The SMILES string of the molecule is Cc1cc(N(CCO)Cc2cccc(Cl)c2)ncc1[N+](=O)[O-]. The summed E-state index contributed by atoms with van der Waals surface area (Å²) in [5.74, 6) is 0.581. The fourth-order valence-electron chi connectivity index (χ4n) is 2.15. The fourth-order valence-corrected chi connectivity index (χ4v) is 2.36. The third-order valence-corrected chi connectivity index (χ3v) is 3.46. The van der Waals surface area contributed by atoms with Crippen molar-refractivity contribution in [3.05, 3.63) is 62.8 Å². The lowest BCUT2D eigenvalue weighted by molar-refractivity contribution is -0.385. The molecule has 0 unspecified atom stereocenters. The Morgan fingerprint density at radius 1 is 1.41 bits per heavy atom. The Morgan fingerprint density at radius 3 is 2.77 bits per heavy atom. The van der Waals surface area contributed by atoms with Crippen LogP contribution in [0.15, 0.2) is 36.5 Å². The third kappa shape index (κ3) is 3.93. The van der Waals surface area contributed by atoms with Gasteiger partial charge in [0.25, 0.3) is 5.69 Å². The average Bonchev–Trinajstić information content (AvgIpc) is 2.46. The zero-order valence-corrected chi connectivity index (χ0v) is 12.8. The number of hydrogen-bond donors (Lipinski definition) is 1. The van der Waals surface area contributed by atoms with Crippen molar-refractivity contribution in [3.63, 3.8) is 0 Å². The minimum Gasteiger partial charge on any atom is -0.395 e. The lowest BCUT2D eigenvalue weighted by atomic mass is 10.2.